The fourth-order valence-electron chi connectivity index (χ4n) is 3.70. The molecule has 0 aliphatic carbocycles. The van der Waals surface area contributed by atoms with E-state index in [2.05, 4.69) is 5.10 Å². The molecular weight excluding hydrogens is 312 g/mol. The summed E-state index contributed by atoms with van der Waals surface area (Å²) in [6.45, 7) is 2.82. The summed E-state index contributed by atoms with van der Waals surface area (Å²) in [4.78, 5) is 0. The summed E-state index contributed by atoms with van der Waals surface area (Å²) in [6.07, 6.45) is 11.9. The van der Waals surface area contributed by atoms with Gasteiger partial charge in [0.1, 0.15) is 0 Å². The lowest BCUT2D eigenvalue weighted by atomic mass is 10.0. The van der Waals surface area contributed by atoms with Crippen LogP contribution in [0.15, 0.2) is 18.5 Å². The Balaban J connectivity index is 1.68. The molecule has 2 aliphatic rings. The lowest BCUT2D eigenvalue weighted by molar-refractivity contribution is 0.214. The largest absolute Gasteiger partial charge is 0.282 e. The highest BCUT2D eigenvalue weighted by Gasteiger charge is 2.36. The molecule has 0 N–H and O–H groups in total. The third-order valence-corrected chi connectivity index (χ3v) is 7.10. The summed E-state index contributed by atoms with van der Waals surface area (Å²) in [5.74, 6) is 0. The molecule has 3 heterocycles. The minimum atomic E-state index is -3.31. The van der Waals surface area contributed by atoms with E-state index in [0.717, 1.165) is 57.9 Å². The molecule has 2 saturated heterocycles. The first-order valence-corrected chi connectivity index (χ1v) is 10.3. The number of hydrogen-bond acceptors (Lipinski definition) is 3. The number of aromatic nitrogens is 2. The van der Waals surface area contributed by atoms with Crippen molar-refractivity contribution in [1.82, 2.24) is 18.4 Å². The van der Waals surface area contributed by atoms with E-state index in [-0.39, 0.29) is 6.04 Å². The van der Waals surface area contributed by atoms with E-state index < -0.39 is 10.2 Å². The van der Waals surface area contributed by atoms with E-state index in [1.165, 1.54) is 0 Å². The summed E-state index contributed by atoms with van der Waals surface area (Å²) < 4.78 is 31.6. The van der Waals surface area contributed by atoms with E-state index >= 15 is 0 Å². The summed E-state index contributed by atoms with van der Waals surface area (Å²) in [7, 11) is -3.31. The Morgan fingerprint density at radius 2 is 1.74 bits per heavy atom. The third kappa shape index (κ3) is 4.14. The van der Waals surface area contributed by atoms with Gasteiger partial charge in [0.2, 0.25) is 0 Å². The highest BCUT2D eigenvalue weighted by molar-refractivity contribution is 7.86. The average Bonchev–Trinajstić information content (AvgIpc) is 2.92. The highest BCUT2D eigenvalue weighted by Crippen LogP contribution is 2.26. The van der Waals surface area contributed by atoms with Gasteiger partial charge in [-0.15, -0.1) is 0 Å². The number of rotatable bonds is 5. The fourth-order valence-corrected chi connectivity index (χ4v) is 5.66. The molecule has 2 aliphatic heterocycles. The maximum Gasteiger partial charge on any atom is 0.282 e. The normalized spacial score (nSPS) is 25.3. The van der Waals surface area contributed by atoms with Gasteiger partial charge in [-0.25, -0.2) is 0 Å². The Kier molecular flexibility index (Phi) is 5.71. The molecule has 0 unspecified atom stereocenters. The molecule has 1 aromatic rings. The molecule has 1 atom stereocenters. The van der Waals surface area contributed by atoms with Crippen molar-refractivity contribution >= 4 is 10.2 Å². The topological polar surface area (TPSA) is 58.4 Å². The van der Waals surface area contributed by atoms with Crippen LogP contribution < -0.4 is 0 Å². The van der Waals surface area contributed by atoms with Crippen LogP contribution in [0.2, 0.25) is 0 Å². The molecule has 7 heteroatoms. The summed E-state index contributed by atoms with van der Waals surface area (Å²) >= 11 is 0. The smallest absolute Gasteiger partial charge is 0.273 e. The standard InChI is InChI=1S/C16H28N4O2S/c21-23(22,19-12-4-1-2-5-13-19)20-14-6-3-8-16(20)9-15-18-11-7-10-17-18/h7,10-11,16H,1-6,8-9,12-15H2/t16-/m0/s1. The predicted octanol–water partition coefficient (Wildman–Crippen LogP) is 2.25. The van der Waals surface area contributed by atoms with Crippen molar-refractivity contribution in [3.63, 3.8) is 0 Å². The molecule has 0 bridgehead atoms. The Bertz CT molecular complexity index is 565. The van der Waals surface area contributed by atoms with Gasteiger partial charge in [0.15, 0.2) is 0 Å². The maximum absolute atomic E-state index is 13.1. The molecular formula is C16H28N4O2S. The highest BCUT2D eigenvalue weighted by atomic mass is 32.2. The second kappa shape index (κ2) is 7.77. The van der Waals surface area contributed by atoms with Crippen molar-refractivity contribution in [2.45, 2.75) is 64.0 Å². The van der Waals surface area contributed by atoms with Crippen molar-refractivity contribution in [1.29, 1.82) is 0 Å². The van der Waals surface area contributed by atoms with Crippen molar-refractivity contribution in [3.05, 3.63) is 18.5 Å². The van der Waals surface area contributed by atoms with E-state index in [9.17, 15) is 8.42 Å². The van der Waals surface area contributed by atoms with Crippen LogP contribution in [0, 0.1) is 0 Å². The van der Waals surface area contributed by atoms with Gasteiger partial charge in [-0.1, -0.05) is 19.3 Å². The Morgan fingerprint density at radius 1 is 1.00 bits per heavy atom. The van der Waals surface area contributed by atoms with Crippen LogP contribution in [-0.2, 0) is 16.8 Å². The predicted molar refractivity (Wildman–Crippen MR) is 90.1 cm³/mol. The van der Waals surface area contributed by atoms with Gasteiger partial charge < -0.3 is 0 Å². The molecule has 0 saturated carbocycles. The molecule has 0 radical (unpaired) electrons. The Hall–Kier alpha value is -0.920. The Morgan fingerprint density at radius 3 is 2.43 bits per heavy atom. The number of piperidine rings is 1. The molecule has 0 aromatic carbocycles. The van der Waals surface area contributed by atoms with E-state index in [4.69, 9.17) is 0 Å². The van der Waals surface area contributed by atoms with Crippen LogP contribution in [0.1, 0.15) is 51.4 Å². The number of aryl methyl sites for hydroxylation is 1. The van der Waals surface area contributed by atoms with Crippen LogP contribution in [-0.4, -0.2) is 52.5 Å². The van der Waals surface area contributed by atoms with Gasteiger partial charge in [0.05, 0.1) is 0 Å². The minimum Gasteiger partial charge on any atom is -0.273 e. The lowest BCUT2D eigenvalue weighted by Crippen LogP contribution is -2.51. The van der Waals surface area contributed by atoms with Crippen LogP contribution in [0.3, 0.4) is 0 Å². The van der Waals surface area contributed by atoms with Gasteiger partial charge in [0, 0.05) is 44.6 Å². The molecule has 6 nitrogen and oxygen atoms in total. The third-order valence-electron chi connectivity index (χ3n) is 5.01. The van der Waals surface area contributed by atoms with Gasteiger partial charge in [0.25, 0.3) is 10.2 Å². The molecule has 0 amide bonds. The number of nitrogens with zero attached hydrogens (tertiary/aromatic N) is 4. The van der Waals surface area contributed by atoms with E-state index in [1.807, 2.05) is 16.9 Å². The first-order chi connectivity index (χ1) is 11.2. The summed E-state index contributed by atoms with van der Waals surface area (Å²) in [5, 5.41) is 4.23. The summed E-state index contributed by atoms with van der Waals surface area (Å²) in [5.41, 5.74) is 0. The van der Waals surface area contributed by atoms with Gasteiger partial charge in [-0.05, 0) is 38.2 Å². The van der Waals surface area contributed by atoms with Crippen molar-refractivity contribution in [2.75, 3.05) is 19.6 Å². The molecule has 23 heavy (non-hydrogen) atoms. The molecule has 2 fully saturated rings. The molecule has 130 valence electrons. The molecule has 1 aromatic heterocycles. The molecule has 0 spiro atoms. The maximum atomic E-state index is 13.1. The van der Waals surface area contributed by atoms with E-state index in [0.29, 0.717) is 19.6 Å². The Labute approximate surface area is 139 Å². The second-order valence-corrected chi connectivity index (χ2v) is 8.52. The SMILES string of the molecule is O=S(=O)(N1CCCCCC1)N1CCCC[C@H]1CCn1cccn1. The lowest BCUT2D eigenvalue weighted by Gasteiger charge is -2.37. The first kappa shape index (κ1) is 16.9. The van der Waals surface area contributed by atoms with Crippen molar-refractivity contribution < 1.29 is 8.42 Å². The van der Waals surface area contributed by atoms with Crippen molar-refractivity contribution in [2.24, 2.45) is 0 Å². The average molecular weight is 340 g/mol. The zero-order valence-electron chi connectivity index (χ0n) is 13.8. The number of hydrogen-bond donors (Lipinski definition) is 0. The van der Waals surface area contributed by atoms with Crippen LogP contribution in [0.25, 0.3) is 0 Å². The fraction of sp³-hybridized carbons (Fsp3) is 0.812. The van der Waals surface area contributed by atoms with Crippen LogP contribution in [0.4, 0.5) is 0 Å². The van der Waals surface area contributed by atoms with Gasteiger partial charge in [-0.2, -0.15) is 22.1 Å². The van der Waals surface area contributed by atoms with Crippen LogP contribution >= 0.6 is 0 Å². The zero-order chi connectivity index (χ0) is 16.1. The monoisotopic (exact) mass is 340 g/mol. The molecule has 3 rings (SSSR count). The van der Waals surface area contributed by atoms with E-state index in [1.54, 1.807) is 14.8 Å². The minimum absolute atomic E-state index is 0.112. The van der Waals surface area contributed by atoms with Gasteiger partial charge in [-0.3, -0.25) is 4.68 Å². The van der Waals surface area contributed by atoms with Crippen LogP contribution in [0.5, 0.6) is 0 Å². The quantitative estimate of drug-likeness (QED) is 0.826. The second-order valence-electron chi connectivity index (χ2n) is 6.64. The summed E-state index contributed by atoms with van der Waals surface area (Å²) in [6, 6.07) is 2.02. The first-order valence-electron chi connectivity index (χ1n) is 8.92. The zero-order valence-corrected chi connectivity index (χ0v) is 14.6. The van der Waals surface area contributed by atoms with Crippen molar-refractivity contribution in [3.8, 4) is 0 Å². The van der Waals surface area contributed by atoms with Gasteiger partial charge >= 0.3 is 0 Å².